The SMILES string of the molecule is Cc1nc2nc(C3CCOCC3)nc(-c3ccc(F)cc3F)c2nc1C.O=S1(=O)CC(n2cccn2)C1. The van der Waals surface area contributed by atoms with E-state index in [0.29, 0.717) is 35.9 Å². The number of fused-ring (bicyclic) bond motifs is 1. The number of hydrogen-bond donors (Lipinski definition) is 0. The Hall–Kier alpha value is -3.38. The van der Waals surface area contributed by atoms with Gasteiger partial charge in [-0.15, -0.1) is 0 Å². The minimum Gasteiger partial charge on any atom is -0.381 e. The zero-order chi connectivity index (χ0) is 26.2. The Morgan fingerprint density at radius 3 is 2.38 bits per heavy atom. The van der Waals surface area contributed by atoms with E-state index in [1.54, 1.807) is 23.1 Å². The molecule has 194 valence electrons. The fourth-order valence-electron chi connectivity index (χ4n) is 4.32. The molecule has 37 heavy (non-hydrogen) atoms. The number of benzene rings is 1. The summed E-state index contributed by atoms with van der Waals surface area (Å²) >= 11 is 0. The van der Waals surface area contributed by atoms with Crippen LogP contribution < -0.4 is 0 Å². The quantitative estimate of drug-likeness (QED) is 0.395. The zero-order valence-corrected chi connectivity index (χ0v) is 21.3. The molecule has 9 nitrogen and oxygen atoms in total. The van der Waals surface area contributed by atoms with Gasteiger partial charge in [0.1, 0.15) is 28.7 Å². The average Bonchev–Trinajstić information content (AvgIpc) is 3.39. The fourth-order valence-corrected chi connectivity index (χ4v) is 5.70. The standard InChI is InChI=1S/C19H18F2N4O.C6H8N2O2S/c1-10-11(2)23-19-17(22-10)16(14-4-3-13(20)9-15(14)21)24-18(25-19)12-5-7-26-8-6-12;9-11(10)4-6(5-11)8-3-1-2-7-8/h3-4,9,12H,5-8H2,1-2H3;1-3,6H,4-5H2. The topological polar surface area (TPSA) is 113 Å². The number of rotatable bonds is 3. The Labute approximate surface area is 212 Å². The highest BCUT2D eigenvalue weighted by atomic mass is 32.2. The molecule has 0 N–H and O–H groups in total. The van der Waals surface area contributed by atoms with E-state index in [0.717, 1.165) is 30.3 Å². The van der Waals surface area contributed by atoms with Gasteiger partial charge in [0.15, 0.2) is 15.5 Å². The van der Waals surface area contributed by atoms with Crippen LogP contribution in [-0.2, 0) is 14.6 Å². The van der Waals surface area contributed by atoms with Crippen LogP contribution in [0.2, 0.25) is 0 Å². The first-order chi connectivity index (χ1) is 17.7. The highest BCUT2D eigenvalue weighted by Gasteiger charge is 2.34. The van der Waals surface area contributed by atoms with Crippen molar-refractivity contribution in [2.24, 2.45) is 0 Å². The van der Waals surface area contributed by atoms with Gasteiger partial charge in [-0.25, -0.2) is 37.1 Å². The van der Waals surface area contributed by atoms with Crippen molar-refractivity contribution < 1.29 is 21.9 Å². The molecule has 0 aliphatic carbocycles. The van der Waals surface area contributed by atoms with Gasteiger partial charge >= 0.3 is 0 Å². The van der Waals surface area contributed by atoms with Crippen molar-refractivity contribution in [3.63, 3.8) is 0 Å². The van der Waals surface area contributed by atoms with Crippen LogP contribution in [0.1, 0.15) is 42.0 Å². The second-order valence-electron chi connectivity index (χ2n) is 9.22. The van der Waals surface area contributed by atoms with Gasteiger partial charge in [-0.2, -0.15) is 5.10 Å². The summed E-state index contributed by atoms with van der Waals surface area (Å²) < 4.78 is 56.4. The van der Waals surface area contributed by atoms with Crippen LogP contribution in [0.4, 0.5) is 8.78 Å². The third-order valence-electron chi connectivity index (χ3n) is 6.52. The summed E-state index contributed by atoms with van der Waals surface area (Å²) in [7, 11) is -2.72. The number of hydrogen-bond acceptors (Lipinski definition) is 8. The lowest BCUT2D eigenvalue weighted by atomic mass is 9.99. The molecule has 2 aliphatic heterocycles. The van der Waals surface area contributed by atoms with E-state index in [2.05, 4.69) is 25.0 Å². The molecule has 0 amide bonds. The molecule has 3 aromatic heterocycles. The second kappa shape index (κ2) is 10.2. The molecule has 12 heteroatoms. The summed E-state index contributed by atoms with van der Waals surface area (Å²) in [5, 5.41) is 3.96. The third kappa shape index (κ3) is 5.49. The van der Waals surface area contributed by atoms with E-state index in [9.17, 15) is 17.2 Å². The molecule has 6 rings (SSSR count). The van der Waals surface area contributed by atoms with Crippen LogP contribution in [-0.4, -0.2) is 62.9 Å². The van der Waals surface area contributed by atoms with Crippen molar-refractivity contribution in [3.05, 3.63) is 65.5 Å². The molecule has 0 saturated carbocycles. The van der Waals surface area contributed by atoms with Gasteiger partial charge in [0.2, 0.25) is 0 Å². The highest BCUT2D eigenvalue weighted by Crippen LogP contribution is 2.31. The maximum Gasteiger partial charge on any atom is 0.182 e. The molecule has 1 aromatic carbocycles. The molecule has 0 bridgehead atoms. The van der Waals surface area contributed by atoms with E-state index in [1.165, 1.54) is 12.1 Å². The molecule has 4 aromatic rings. The van der Waals surface area contributed by atoms with Crippen LogP contribution in [0.15, 0.2) is 36.7 Å². The number of ether oxygens (including phenoxy) is 1. The molecule has 0 radical (unpaired) electrons. The Kier molecular flexibility index (Phi) is 6.95. The first kappa shape index (κ1) is 25.3. The Balaban J connectivity index is 0.000000212. The first-order valence-electron chi connectivity index (χ1n) is 12.0. The van der Waals surface area contributed by atoms with Gasteiger partial charge in [0.25, 0.3) is 0 Å². The van der Waals surface area contributed by atoms with Gasteiger partial charge in [-0.3, -0.25) is 4.68 Å². The molecule has 0 atom stereocenters. The second-order valence-corrected chi connectivity index (χ2v) is 11.4. The van der Waals surface area contributed by atoms with Crippen molar-refractivity contribution in [1.82, 2.24) is 29.7 Å². The zero-order valence-electron chi connectivity index (χ0n) is 20.4. The molecule has 0 spiro atoms. The van der Waals surface area contributed by atoms with E-state index >= 15 is 0 Å². The summed E-state index contributed by atoms with van der Waals surface area (Å²) in [5.41, 5.74) is 2.90. The molecular weight excluding hydrogens is 502 g/mol. The van der Waals surface area contributed by atoms with Crippen molar-refractivity contribution in [2.75, 3.05) is 24.7 Å². The van der Waals surface area contributed by atoms with Crippen molar-refractivity contribution >= 4 is 21.0 Å². The van der Waals surface area contributed by atoms with Gasteiger partial charge < -0.3 is 4.74 Å². The van der Waals surface area contributed by atoms with E-state index in [4.69, 9.17) is 4.74 Å². The number of sulfone groups is 1. The first-order valence-corrected chi connectivity index (χ1v) is 13.8. The normalized spacial score (nSPS) is 17.7. The van der Waals surface area contributed by atoms with Crippen LogP contribution in [0.5, 0.6) is 0 Å². The van der Waals surface area contributed by atoms with Crippen LogP contribution >= 0.6 is 0 Å². The molecule has 2 fully saturated rings. The summed E-state index contributed by atoms with van der Waals surface area (Å²) in [6, 6.07) is 5.33. The van der Waals surface area contributed by atoms with Crippen LogP contribution in [0, 0.1) is 25.5 Å². The summed E-state index contributed by atoms with van der Waals surface area (Å²) in [6.45, 7) is 4.98. The van der Waals surface area contributed by atoms with Crippen molar-refractivity contribution in [1.29, 1.82) is 0 Å². The molecule has 0 unspecified atom stereocenters. The Bertz CT molecular complexity index is 1530. The lowest BCUT2D eigenvalue weighted by Gasteiger charge is -2.25. The smallest absolute Gasteiger partial charge is 0.182 e. The molecule has 2 saturated heterocycles. The lowest BCUT2D eigenvalue weighted by molar-refractivity contribution is 0.0836. The average molecular weight is 529 g/mol. The number of halogens is 2. The largest absolute Gasteiger partial charge is 0.381 e. The van der Waals surface area contributed by atoms with Gasteiger partial charge in [0.05, 0.1) is 28.9 Å². The van der Waals surface area contributed by atoms with Crippen molar-refractivity contribution in [3.8, 4) is 11.3 Å². The Morgan fingerprint density at radius 1 is 1.00 bits per heavy atom. The lowest BCUT2D eigenvalue weighted by Crippen LogP contribution is -2.38. The molecule has 5 heterocycles. The summed E-state index contributed by atoms with van der Waals surface area (Å²) in [4.78, 5) is 18.3. The van der Waals surface area contributed by atoms with E-state index in [-0.39, 0.29) is 29.0 Å². The summed E-state index contributed by atoms with van der Waals surface area (Å²) in [5.74, 6) is -0.0881. The van der Waals surface area contributed by atoms with Crippen molar-refractivity contribution in [2.45, 2.75) is 38.6 Å². The fraction of sp³-hybridized carbons (Fsp3) is 0.400. The maximum absolute atomic E-state index is 14.4. The number of aryl methyl sites for hydroxylation is 2. The number of aromatic nitrogens is 6. The predicted octanol–water partition coefficient (Wildman–Crippen LogP) is 3.73. The van der Waals surface area contributed by atoms with Crippen LogP contribution in [0.3, 0.4) is 0 Å². The molecular formula is C25H26F2N6O3S. The minimum absolute atomic E-state index is 0.0787. The minimum atomic E-state index is -2.72. The van der Waals surface area contributed by atoms with E-state index < -0.39 is 21.5 Å². The van der Waals surface area contributed by atoms with Gasteiger partial charge in [-0.1, -0.05) is 0 Å². The number of nitrogens with zero attached hydrogens (tertiary/aromatic N) is 6. The summed E-state index contributed by atoms with van der Waals surface area (Å²) in [6.07, 6.45) is 5.05. The van der Waals surface area contributed by atoms with Crippen LogP contribution in [0.25, 0.3) is 22.4 Å². The molecule has 2 aliphatic rings. The Morgan fingerprint density at radius 2 is 1.73 bits per heavy atom. The maximum atomic E-state index is 14.4. The third-order valence-corrected chi connectivity index (χ3v) is 8.31. The highest BCUT2D eigenvalue weighted by molar-refractivity contribution is 7.92. The monoisotopic (exact) mass is 528 g/mol. The van der Waals surface area contributed by atoms with Gasteiger partial charge in [-0.05, 0) is 44.9 Å². The van der Waals surface area contributed by atoms with E-state index in [1.807, 2.05) is 13.8 Å². The van der Waals surface area contributed by atoms with Gasteiger partial charge in [0, 0.05) is 43.2 Å². The predicted molar refractivity (Wildman–Crippen MR) is 133 cm³/mol.